The molecule has 27 heavy (non-hydrogen) atoms. The van der Waals surface area contributed by atoms with Gasteiger partial charge < -0.3 is 0 Å². The number of carbonyl (C=O) groups excluding carboxylic acids is 1. The Morgan fingerprint density at radius 1 is 1.26 bits per heavy atom. The molecular weight excluding hydrogens is 361 g/mol. The van der Waals surface area contributed by atoms with E-state index >= 15 is 0 Å². The van der Waals surface area contributed by atoms with Crippen molar-refractivity contribution in [2.75, 3.05) is 5.32 Å². The fourth-order valence-corrected chi connectivity index (χ4v) is 2.54. The summed E-state index contributed by atoms with van der Waals surface area (Å²) >= 11 is 0. The summed E-state index contributed by atoms with van der Waals surface area (Å²) in [4.78, 5) is 16.4. The topological polar surface area (TPSA) is 68.5 Å². The maximum Gasteiger partial charge on any atom is 0.437 e. The average molecular weight is 382 g/mol. The van der Waals surface area contributed by atoms with Crippen molar-refractivity contribution in [3.8, 4) is 0 Å². The number of nitrogens with zero attached hydrogens (tertiary/aromatic N) is 3. The van der Waals surface area contributed by atoms with Crippen molar-refractivity contribution >= 4 is 18.0 Å². The van der Waals surface area contributed by atoms with Gasteiger partial charge in [0.15, 0.2) is 0 Å². The monoisotopic (exact) mass is 382 g/mol. The van der Waals surface area contributed by atoms with E-state index in [0.717, 1.165) is 17.8 Å². The summed E-state index contributed by atoms with van der Waals surface area (Å²) in [5, 5.41) is 10.3. The number of carbonyl (C=O) groups is 1. The van der Waals surface area contributed by atoms with Gasteiger partial charge in [-0.15, -0.1) is 0 Å². The van der Waals surface area contributed by atoms with E-state index < -0.39 is 17.8 Å². The van der Waals surface area contributed by atoms with Gasteiger partial charge in [-0.3, -0.25) is 14.8 Å². The summed E-state index contributed by atoms with van der Waals surface area (Å²) in [6.45, 7) is 9.69. The lowest BCUT2D eigenvalue weighted by Gasteiger charge is -2.21. The number of hydrogen-bond acceptors (Lipinski definition) is 4. The molecule has 1 aromatic carbocycles. The zero-order valence-corrected chi connectivity index (χ0v) is 15.7. The Morgan fingerprint density at radius 3 is 2.48 bits per heavy atom. The molecule has 2 rings (SSSR count). The third kappa shape index (κ3) is 5.08. The first-order valence-electron chi connectivity index (χ1n) is 8.15. The Hall–Kier alpha value is -2.84. The van der Waals surface area contributed by atoms with Crippen LogP contribution in [-0.2, 0) is 16.6 Å². The Labute approximate surface area is 155 Å². The van der Waals surface area contributed by atoms with Gasteiger partial charge in [0.1, 0.15) is 0 Å². The highest BCUT2D eigenvalue weighted by Crippen LogP contribution is 2.30. The second-order valence-corrected chi connectivity index (χ2v) is 6.98. The van der Waals surface area contributed by atoms with Gasteiger partial charge in [-0.25, -0.2) is 4.79 Å². The minimum absolute atomic E-state index is 0.0436. The van der Waals surface area contributed by atoms with Crippen molar-refractivity contribution in [3.63, 3.8) is 0 Å². The summed E-state index contributed by atoms with van der Waals surface area (Å²) in [5.74, 6) is 0. The zero-order chi connectivity index (χ0) is 20.4. The summed E-state index contributed by atoms with van der Waals surface area (Å²) in [6, 6.07) is 4.23. The van der Waals surface area contributed by atoms with Gasteiger partial charge in [0.25, 0.3) is 0 Å². The van der Waals surface area contributed by atoms with Gasteiger partial charge in [0.05, 0.1) is 23.0 Å². The molecule has 0 spiro atoms. The molecule has 0 aliphatic heterocycles. The van der Waals surface area contributed by atoms with E-state index in [4.69, 9.17) is 0 Å². The molecule has 0 fully saturated rings. The molecule has 1 aromatic heterocycles. The largest absolute Gasteiger partial charge is 0.437 e. The first-order valence-corrected chi connectivity index (χ1v) is 8.15. The highest BCUT2D eigenvalue weighted by molar-refractivity contribution is 5.86. The lowest BCUT2D eigenvalue weighted by Crippen LogP contribution is -2.24. The number of amides is 1. The fourth-order valence-electron chi connectivity index (χ4n) is 2.54. The molecule has 2 aromatic rings. The molecule has 1 heterocycles. The van der Waals surface area contributed by atoms with Crippen molar-refractivity contribution < 1.29 is 22.8 Å². The number of alkyl halides is 3. The molecule has 0 bridgehead atoms. The van der Waals surface area contributed by atoms with Crippen LogP contribution in [0.25, 0.3) is 0 Å². The smallest absolute Gasteiger partial charge is 0.298 e. The van der Waals surface area contributed by atoms with E-state index in [2.05, 4.69) is 20.4 Å². The first-order chi connectivity index (χ1) is 12.4. The minimum Gasteiger partial charge on any atom is -0.298 e. The van der Waals surface area contributed by atoms with E-state index in [1.807, 2.05) is 32.4 Å². The van der Waals surface area contributed by atoms with E-state index in [9.17, 15) is 18.0 Å². The van der Waals surface area contributed by atoms with Gasteiger partial charge in [-0.05, 0) is 52.8 Å². The fraction of sp³-hybridized carbons (Fsp3) is 0.389. The van der Waals surface area contributed by atoms with Crippen molar-refractivity contribution in [1.29, 1.82) is 0 Å². The zero-order valence-electron chi connectivity index (χ0n) is 15.7. The van der Waals surface area contributed by atoms with Crippen LogP contribution in [0.4, 0.5) is 23.7 Å². The molecule has 0 radical (unpaired) electrons. The van der Waals surface area contributed by atoms with Crippen LogP contribution in [0.1, 0.15) is 43.3 Å². The lowest BCUT2D eigenvalue weighted by molar-refractivity contribution is -0.137. The third-order valence-electron chi connectivity index (χ3n) is 3.74. The van der Waals surface area contributed by atoms with Crippen LogP contribution in [0.3, 0.4) is 0 Å². The Balaban J connectivity index is 2.06. The quantitative estimate of drug-likeness (QED) is 0.468. The summed E-state index contributed by atoms with van der Waals surface area (Å²) < 4.78 is 39.9. The molecule has 6 nitrogen and oxygen atoms in total. The van der Waals surface area contributed by atoms with Crippen LogP contribution in [0, 0.1) is 13.8 Å². The molecule has 1 N–H and O–H groups in total. The van der Waals surface area contributed by atoms with Gasteiger partial charge in [0.2, 0.25) is 0 Å². The van der Waals surface area contributed by atoms with E-state index in [0.29, 0.717) is 11.3 Å². The minimum atomic E-state index is -4.50. The van der Waals surface area contributed by atoms with Gasteiger partial charge in [-0.2, -0.15) is 18.3 Å². The predicted octanol–water partition coefficient (Wildman–Crippen LogP) is 4.86. The molecule has 146 valence electrons. The Bertz CT molecular complexity index is 864. The van der Waals surface area contributed by atoms with Crippen LogP contribution in [0.15, 0.2) is 29.4 Å². The van der Waals surface area contributed by atoms with E-state index in [1.54, 1.807) is 6.92 Å². The SMILES string of the molecule is Cc1nn(C(C)(C)C)c(C)c1C=NOC(=O)Nc1cccc(C(F)(F)F)c1. The van der Waals surface area contributed by atoms with Crippen LogP contribution in [-0.4, -0.2) is 22.1 Å². The van der Waals surface area contributed by atoms with Crippen molar-refractivity contribution in [3.05, 3.63) is 46.8 Å². The van der Waals surface area contributed by atoms with Crippen molar-refractivity contribution in [1.82, 2.24) is 9.78 Å². The first kappa shape index (κ1) is 20.5. The number of aryl methyl sites for hydroxylation is 1. The van der Waals surface area contributed by atoms with E-state index in [1.165, 1.54) is 18.3 Å². The molecule has 0 aliphatic rings. The molecule has 0 atom stereocenters. The van der Waals surface area contributed by atoms with Gasteiger partial charge in [-0.1, -0.05) is 11.2 Å². The van der Waals surface area contributed by atoms with Crippen LogP contribution in [0.2, 0.25) is 0 Å². The van der Waals surface area contributed by atoms with Gasteiger partial charge in [0, 0.05) is 16.9 Å². The number of hydrogen-bond donors (Lipinski definition) is 1. The molecular formula is C18H21F3N4O2. The van der Waals surface area contributed by atoms with Crippen molar-refractivity contribution in [2.45, 2.75) is 46.3 Å². The Kier molecular flexibility index (Phi) is 5.62. The Morgan fingerprint density at radius 2 is 1.93 bits per heavy atom. The van der Waals surface area contributed by atoms with Crippen LogP contribution < -0.4 is 5.32 Å². The normalized spacial score (nSPS) is 12.4. The number of benzene rings is 1. The lowest BCUT2D eigenvalue weighted by atomic mass is 10.1. The molecule has 0 unspecified atom stereocenters. The number of nitrogens with one attached hydrogen (secondary N) is 1. The summed E-state index contributed by atoms with van der Waals surface area (Å²) in [6.07, 6.45) is -4.14. The number of aromatic nitrogens is 2. The molecule has 9 heteroatoms. The van der Waals surface area contributed by atoms with Crippen LogP contribution >= 0.6 is 0 Å². The van der Waals surface area contributed by atoms with Gasteiger partial charge >= 0.3 is 12.3 Å². The number of rotatable bonds is 3. The number of anilines is 1. The maximum atomic E-state index is 12.7. The standard InChI is InChI=1S/C18H21F3N4O2/c1-11-15(12(2)25(24-11)17(3,4)5)10-22-27-16(26)23-14-8-6-7-13(9-14)18(19,20)21/h6-10H,1-5H3,(H,23,26). The summed E-state index contributed by atoms with van der Waals surface area (Å²) in [7, 11) is 0. The summed E-state index contributed by atoms with van der Waals surface area (Å²) in [5.41, 5.74) is 1.14. The molecule has 0 aliphatic carbocycles. The van der Waals surface area contributed by atoms with Crippen LogP contribution in [0.5, 0.6) is 0 Å². The third-order valence-corrected chi connectivity index (χ3v) is 3.74. The number of halogens is 3. The highest BCUT2D eigenvalue weighted by Gasteiger charge is 2.30. The second-order valence-electron chi connectivity index (χ2n) is 6.98. The van der Waals surface area contributed by atoms with Crippen molar-refractivity contribution in [2.24, 2.45) is 5.16 Å². The molecule has 1 amide bonds. The number of oxime groups is 1. The predicted molar refractivity (Wildman–Crippen MR) is 95.8 cm³/mol. The average Bonchev–Trinajstić information content (AvgIpc) is 2.82. The second kappa shape index (κ2) is 7.42. The maximum absolute atomic E-state index is 12.7. The molecule has 0 saturated heterocycles. The molecule has 0 saturated carbocycles. The highest BCUT2D eigenvalue weighted by atomic mass is 19.4. The van der Waals surface area contributed by atoms with E-state index in [-0.39, 0.29) is 11.2 Å².